The second-order valence-corrected chi connectivity index (χ2v) is 9.09. The van der Waals surface area contributed by atoms with E-state index in [2.05, 4.69) is 0 Å². The van der Waals surface area contributed by atoms with Crippen molar-refractivity contribution in [2.24, 2.45) is 0 Å². The van der Waals surface area contributed by atoms with Gasteiger partial charge in [-0.1, -0.05) is 30.3 Å². The van der Waals surface area contributed by atoms with Crippen molar-refractivity contribution >= 4 is 15.9 Å². The Morgan fingerprint density at radius 3 is 2.45 bits per heavy atom. The summed E-state index contributed by atoms with van der Waals surface area (Å²) in [6.45, 7) is 0.832. The summed E-state index contributed by atoms with van der Waals surface area (Å²) in [5, 5.41) is 0. The molecule has 1 saturated heterocycles. The highest BCUT2D eigenvalue weighted by molar-refractivity contribution is 7.89. The van der Waals surface area contributed by atoms with Crippen LogP contribution in [0.4, 0.5) is 4.39 Å². The number of benzene rings is 2. The summed E-state index contributed by atoms with van der Waals surface area (Å²) in [7, 11) is -1.02. The van der Waals surface area contributed by atoms with Gasteiger partial charge in [-0.3, -0.25) is 4.79 Å². The monoisotopic (exact) mass is 420 g/mol. The third kappa shape index (κ3) is 4.76. The topological polar surface area (TPSA) is 66.9 Å². The molecule has 6 nitrogen and oxygen atoms in total. The number of carbonyl (C=O) groups is 1. The Kier molecular flexibility index (Phi) is 6.54. The molecule has 0 aliphatic carbocycles. The smallest absolute Gasteiger partial charge is 0.253 e. The Morgan fingerprint density at radius 2 is 1.83 bits per heavy atom. The molecule has 1 amide bonds. The first kappa shape index (κ1) is 21.3. The zero-order valence-electron chi connectivity index (χ0n) is 16.5. The number of carbonyl (C=O) groups excluding carboxylic acids is 1. The van der Waals surface area contributed by atoms with Crippen molar-refractivity contribution in [1.82, 2.24) is 9.21 Å². The minimum absolute atomic E-state index is 0.0651. The van der Waals surface area contributed by atoms with Crippen molar-refractivity contribution in [3.05, 3.63) is 59.7 Å². The predicted molar refractivity (Wildman–Crippen MR) is 108 cm³/mol. The van der Waals surface area contributed by atoms with Crippen LogP contribution in [0, 0.1) is 0 Å². The van der Waals surface area contributed by atoms with Crippen LogP contribution in [-0.2, 0) is 16.6 Å². The van der Waals surface area contributed by atoms with Crippen molar-refractivity contribution in [3.63, 3.8) is 0 Å². The van der Waals surface area contributed by atoms with Gasteiger partial charge in [-0.25, -0.2) is 12.8 Å². The van der Waals surface area contributed by atoms with Crippen LogP contribution in [0.1, 0.15) is 28.8 Å². The number of hydrogen-bond donors (Lipinski definition) is 0. The van der Waals surface area contributed by atoms with Gasteiger partial charge in [0.15, 0.2) is 0 Å². The summed E-state index contributed by atoms with van der Waals surface area (Å²) < 4.78 is 46.2. The molecule has 2 aromatic carbocycles. The minimum Gasteiger partial charge on any atom is -0.495 e. The molecule has 0 bridgehead atoms. The van der Waals surface area contributed by atoms with Crippen LogP contribution < -0.4 is 4.74 Å². The summed E-state index contributed by atoms with van der Waals surface area (Å²) in [5.41, 5.74) is 1.09. The van der Waals surface area contributed by atoms with Crippen LogP contribution in [0.15, 0.2) is 53.4 Å². The summed E-state index contributed by atoms with van der Waals surface area (Å²) in [4.78, 5) is 14.3. The van der Waals surface area contributed by atoms with Crippen molar-refractivity contribution in [3.8, 4) is 5.75 Å². The van der Waals surface area contributed by atoms with Crippen LogP contribution >= 0.6 is 0 Å². The van der Waals surface area contributed by atoms with Crippen LogP contribution in [0.2, 0.25) is 0 Å². The molecule has 1 aliphatic rings. The first-order chi connectivity index (χ1) is 13.8. The van der Waals surface area contributed by atoms with E-state index in [9.17, 15) is 17.6 Å². The van der Waals surface area contributed by atoms with Gasteiger partial charge in [-0.2, -0.15) is 4.31 Å². The highest BCUT2D eigenvalue weighted by atomic mass is 32.2. The first-order valence-corrected chi connectivity index (χ1v) is 10.9. The Bertz CT molecular complexity index is 958. The summed E-state index contributed by atoms with van der Waals surface area (Å²) in [6.07, 6.45) is -0.294. The number of halogens is 1. The van der Waals surface area contributed by atoms with Crippen LogP contribution in [0.3, 0.4) is 0 Å². The van der Waals surface area contributed by atoms with Crippen LogP contribution in [0.5, 0.6) is 5.75 Å². The second-order valence-electron chi connectivity index (χ2n) is 7.08. The number of rotatable bonds is 6. The maximum absolute atomic E-state index is 13.4. The number of methoxy groups -OCH3 is 1. The number of piperidine rings is 1. The number of alkyl halides is 1. The van der Waals surface area contributed by atoms with Gasteiger partial charge >= 0.3 is 0 Å². The fourth-order valence-electron chi connectivity index (χ4n) is 3.34. The first-order valence-electron chi connectivity index (χ1n) is 9.44. The van der Waals surface area contributed by atoms with E-state index in [1.807, 2.05) is 30.3 Å². The standard InChI is InChI=1S/C21H25FN2O4S/c1-23(15-16-6-4-3-5-7-16)29(26,27)20-14-17(8-9-19(20)28-2)21(25)24-12-10-18(22)11-13-24/h3-9,14,18H,10-13,15H2,1-2H3. The number of hydrogen-bond acceptors (Lipinski definition) is 4. The minimum atomic E-state index is -3.90. The van der Waals surface area contributed by atoms with Gasteiger partial charge in [0.25, 0.3) is 5.91 Å². The largest absolute Gasteiger partial charge is 0.495 e. The average molecular weight is 421 g/mol. The van der Waals surface area contributed by atoms with Gasteiger partial charge in [-0.05, 0) is 36.6 Å². The molecule has 0 radical (unpaired) electrons. The fourth-order valence-corrected chi connectivity index (χ4v) is 4.67. The number of amides is 1. The van der Waals surface area contributed by atoms with Gasteiger partial charge in [0.05, 0.1) is 7.11 Å². The van der Waals surface area contributed by atoms with E-state index in [4.69, 9.17) is 4.74 Å². The summed E-state index contributed by atoms with van der Waals surface area (Å²) >= 11 is 0. The van der Waals surface area contributed by atoms with E-state index >= 15 is 0 Å². The Balaban J connectivity index is 1.88. The normalized spacial score (nSPS) is 15.5. The van der Waals surface area contributed by atoms with Gasteiger partial charge in [0, 0.05) is 32.2 Å². The summed E-state index contributed by atoms with van der Waals surface area (Å²) in [6, 6.07) is 13.6. The molecule has 0 unspecified atom stereocenters. The quantitative estimate of drug-likeness (QED) is 0.720. The lowest BCUT2D eigenvalue weighted by Gasteiger charge is -2.29. The van der Waals surface area contributed by atoms with E-state index < -0.39 is 16.2 Å². The molecule has 156 valence electrons. The molecule has 0 N–H and O–H groups in total. The maximum atomic E-state index is 13.4. The number of likely N-dealkylation sites (tertiary alicyclic amines) is 1. The van der Waals surface area contributed by atoms with Crippen molar-refractivity contribution in [1.29, 1.82) is 0 Å². The Hall–Kier alpha value is -2.45. The molecule has 2 aromatic rings. The summed E-state index contributed by atoms with van der Waals surface area (Å²) in [5.74, 6) is -0.134. The van der Waals surface area contributed by atoms with Crippen LogP contribution in [0.25, 0.3) is 0 Å². The predicted octanol–water partition coefficient (Wildman–Crippen LogP) is 3.09. The van der Waals surface area contributed by atoms with Gasteiger partial charge in [0.1, 0.15) is 16.8 Å². The van der Waals surface area contributed by atoms with E-state index in [0.29, 0.717) is 25.9 Å². The van der Waals surface area contributed by atoms with Crippen LogP contribution in [-0.4, -0.2) is 56.9 Å². The van der Waals surface area contributed by atoms with E-state index in [1.54, 1.807) is 11.0 Å². The Labute approximate surface area is 170 Å². The lowest BCUT2D eigenvalue weighted by Crippen LogP contribution is -2.39. The zero-order chi connectivity index (χ0) is 21.0. The second kappa shape index (κ2) is 8.92. The third-order valence-electron chi connectivity index (χ3n) is 5.06. The Morgan fingerprint density at radius 1 is 1.17 bits per heavy atom. The zero-order valence-corrected chi connectivity index (χ0v) is 17.4. The van der Waals surface area contributed by atoms with Crippen molar-refractivity contribution in [2.75, 3.05) is 27.2 Å². The molecule has 29 heavy (non-hydrogen) atoms. The molecule has 1 aliphatic heterocycles. The van der Waals surface area contributed by atoms with Crippen molar-refractivity contribution < 1.29 is 22.3 Å². The molecule has 8 heteroatoms. The molecule has 3 rings (SSSR count). The molecular formula is C21H25FN2O4S. The molecule has 0 aromatic heterocycles. The third-order valence-corrected chi connectivity index (χ3v) is 6.88. The lowest BCUT2D eigenvalue weighted by atomic mass is 10.1. The van der Waals surface area contributed by atoms with Crippen molar-refractivity contribution in [2.45, 2.75) is 30.5 Å². The highest BCUT2D eigenvalue weighted by Crippen LogP contribution is 2.29. The lowest BCUT2D eigenvalue weighted by molar-refractivity contribution is 0.0666. The van der Waals surface area contributed by atoms with Gasteiger partial charge in [-0.15, -0.1) is 0 Å². The maximum Gasteiger partial charge on any atom is 0.253 e. The average Bonchev–Trinajstić information content (AvgIpc) is 2.74. The SMILES string of the molecule is COc1ccc(C(=O)N2CCC(F)CC2)cc1S(=O)(=O)N(C)Cc1ccccc1. The van der Waals surface area contributed by atoms with E-state index in [1.165, 1.54) is 30.6 Å². The molecular weight excluding hydrogens is 395 g/mol. The number of sulfonamides is 1. The highest BCUT2D eigenvalue weighted by Gasteiger charge is 2.28. The molecule has 1 heterocycles. The van der Waals surface area contributed by atoms with E-state index in [-0.39, 0.29) is 28.7 Å². The van der Waals surface area contributed by atoms with Gasteiger partial charge < -0.3 is 9.64 Å². The molecule has 0 saturated carbocycles. The van der Waals surface area contributed by atoms with E-state index in [0.717, 1.165) is 5.56 Å². The molecule has 0 spiro atoms. The number of ether oxygens (including phenoxy) is 1. The number of nitrogens with zero attached hydrogens (tertiary/aromatic N) is 2. The fraction of sp³-hybridized carbons (Fsp3) is 0.381. The van der Waals surface area contributed by atoms with Gasteiger partial charge in [0.2, 0.25) is 10.0 Å². The molecule has 1 fully saturated rings. The molecule has 0 atom stereocenters.